The fourth-order valence-corrected chi connectivity index (χ4v) is 2.29. The molecular formula is C15H19NO7. The minimum Gasteiger partial charge on any atom is -0.459 e. The van der Waals surface area contributed by atoms with E-state index in [-0.39, 0.29) is 6.61 Å². The van der Waals surface area contributed by atoms with Crippen molar-refractivity contribution in [1.29, 1.82) is 0 Å². The zero-order chi connectivity index (χ0) is 17.0. The van der Waals surface area contributed by atoms with Crippen LogP contribution in [0.4, 0.5) is 0 Å². The first-order valence-electron chi connectivity index (χ1n) is 7.09. The van der Waals surface area contributed by atoms with Crippen LogP contribution < -0.4 is 5.32 Å². The van der Waals surface area contributed by atoms with Gasteiger partial charge in [-0.05, 0) is 12.1 Å². The van der Waals surface area contributed by atoms with Gasteiger partial charge in [-0.25, -0.2) is 4.79 Å². The van der Waals surface area contributed by atoms with Gasteiger partial charge in [-0.1, -0.05) is 18.2 Å². The molecule has 8 heteroatoms. The third-order valence-electron chi connectivity index (χ3n) is 3.48. The van der Waals surface area contributed by atoms with E-state index in [1.807, 2.05) is 0 Å². The summed E-state index contributed by atoms with van der Waals surface area (Å²) in [5.41, 5.74) is 0.329. The third-order valence-corrected chi connectivity index (χ3v) is 3.48. The number of hydrogen-bond acceptors (Lipinski definition) is 7. The molecule has 0 bridgehead atoms. The highest BCUT2D eigenvalue weighted by Crippen LogP contribution is 2.20. The molecule has 5 atom stereocenters. The lowest BCUT2D eigenvalue weighted by molar-refractivity contribution is -0.253. The Hall–Kier alpha value is -2.00. The maximum Gasteiger partial charge on any atom is 0.338 e. The topological polar surface area (TPSA) is 125 Å². The average molecular weight is 325 g/mol. The molecule has 1 aliphatic rings. The fourth-order valence-electron chi connectivity index (χ4n) is 2.29. The van der Waals surface area contributed by atoms with Crippen molar-refractivity contribution in [3.63, 3.8) is 0 Å². The maximum atomic E-state index is 11.8. The van der Waals surface area contributed by atoms with Gasteiger partial charge >= 0.3 is 5.97 Å². The Labute approximate surface area is 132 Å². The standard InChI is InChI=1S/C15H19NO7/c1-8(17)16-11-13(19)12(18)10(23-15(11)21)7-22-14(20)9-5-3-2-4-6-9/h2-6,10-13,15,18-19,21H,7H2,1H3,(H,16,17)/t10-,11-,12-,13-,15+/m1/s1. The Morgan fingerprint density at radius 3 is 2.43 bits per heavy atom. The molecule has 1 heterocycles. The first kappa shape index (κ1) is 17.4. The van der Waals surface area contributed by atoms with Gasteiger partial charge in [0.15, 0.2) is 6.29 Å². The molecule has 0 spiro atoms. The molecule has 0 aliphatic carbocycles. The van der Waals surface area contributed by atoms with Crippen molar-refractivity contribution < 1.29 is 34.4 Å². The Morgan fingerprint density at radius 2 is 1.83 bits per heavy atom. The number of nitrogens with one attached hydrogen (secondary N) is 1. The van der Waals surface area contributed by atoms with Crippen molar-refractivity contribution >= 4 is 11.9 Å². The maximum absolute atomic E-state index is 11.8. The summed E-state index contributed by atoms with van der Waals surface area (Å²) in [6, 6.07) is 7.07. The van der Waals surface area contributed by atoms with E-state index >= 15 is 0 Å². The van der Waals surface area contributed by atoms with Crippen LogP contribution in [0, 0.1) is 0 Å². The van der Waals surface area contributed by atoms with Gasteiger partial charge in [-0.3, -0.25) is 4.79 Å². The van der Waals surface area contributed by atoms with Crippen LogP contribution in [0.1, 0.15) is 17.3 Å². The quantitative estimate of drug-likeness (QED) is 0.512. The third kappa shape index (κ3) is 4.26. The van der Waals surface area contributed by atoms with E-state index in [0.29, 0.717) is 5.56 Å². The fraction of sp³-hybridized carbons (Fsp3) is 0.467. The molecule has 4 N–H and O–H groups in total. The van der Waals surface area contributed by atoms with Crippen molar-refractivity contribution in [3.05, 3.63) is 35.9 Å². The van der Waals surface area contributed by atoms with Gasteiger partial charge in [-0.2, -0.15) is 0 Å². The van der Waals surface area contributed by atoms with Crippen molar-refractivity contribution in [1.82, 2.24) is 5.32 Å². The SMILES string of the molecule is CC(=O)N[C@@H]1[C@@H](O)[C@H](O)[C@@H](COC(=O)c2ccccc2)O[C@@H]1O. The van der Waals surface area contributed by atoms with E-state index in [1.54, 1.807) is 30.3 Å². The molecule has 1 fully saturated rings. The number of amides is 1. The van der Waals surface area contributed by atoms with E-state index < -0.39 is 42.5 Å². The van der Waals surface area contributed by atoms with Gasteiger partial charge in [0.25, 0.3) is 0 Å². The van der Waals surface area contributed by atoms with Crippen molar-refractivity contribution in [2.24, 2.45) is 0 Å². The number of carbonyl (C=O) groups is 2. The molecule has 1 saturated heterocycles. The summed E-state index contributed by atoms with van der Waals surface area (Å²) in [6.07, 6.45) is -5.53. The van der Waals surface area contributed by atoms with E-state index in [4.69, 9.17) is 9.47 Å². The number of rotatable bonds is 4. The normalized spacial score (nSPS) is 30.5. The number of carbonyl (C=O) groups excluding carboxylic acids is 2. The van der Waals surface area contributed by atoms with Crippen molar-refractivity contribution in [3.8, 4) is 0 Å². The lowest BCUT2D eigenvalue weighted by Crippen LogP contribution is -2.64. The highest BCUT2D eigenvalue weighted by atomic mass is 16.6. The molecule has 0 aromatic heterocycles. The Kier molecular flexibility index (Phi) is 5.67. The summed E-state index contributed by atoms with van der Waals surface area (Å²) >= 11 is 0. The molecule has 1 amide bonds. The summed E-state index contributed by atoms with van der Waals surface area (Å²) in [5, 5.41) is 32.1. The van der Waals surface area contributed by atoms with Crippen LogP contribution in [0.5, 0.6) is 0 Å². The zero-order valence-corrected chi connectivity index (χ0v) is 12.5. The van der Waals surface area contributed by atoms with Crippen LogP contribution in [0.25, 0.3) is 0 Å². The smallest absolute Gasteiger partial charge is 0.338 e. The van der Waals surface area contributed by atoms with Crippen molar-refractivity contribution in [2.45, 2.75) is 37.6 Å². The first-order chi connectivity index (χ1) is 10.9. The molecule has 126 valence electrons. The van der Waals surface area contributed by atoms with Crippen LogP contribution in [0.3, 0.4) is 0 Å². The highest BCUT2D eigenvalue weighted by Gasteiger charge is 2.44. The Balaban J connectivity index is 1.94. The van der Waals surface area contributed by atoms with Crippen LogP contribution in [0.2, 0.25) is 0 Å². The molecule has 1 aromatic carbocycles. The van der Waals surface area contributed by atoms with Gasteiger partial charge in [0.1, 0.15) is 31.0 Å². The molecule has 23 heavy (non-hydrogen) atoms. The minimum atomic E-state index is -1.53. The van der Waals surface area contributed by atoms with Gasteiger partial charge in [0.05, 0.1) is 5.56 Å². The molecule has 0 saturated carbocycles. The summed E-state index contributed by atoms with van der Waals surface area (Å²) in [7, 11) is 0. The van der Waals surface area contributed by atoms with Crippen LogP contribution in [-0.4, -0.2) is 64.4 Å². The molecule has 0 radical (unpaired) electrons. The summed E-state index contributed by atoms with van der Waals surface area (Å²) in [4.78, 5) is 22.8. The Morgan fingerprint density at radius 1 is 1.17 bits per heavy atom. The van der Waals surface area contributed by atoms with Crippen LogP contribution >= 0.6 is 0 Å². The minimum absolute atomic E-state index is 0.329. The number of hydrogen-bond donors (Lipinski definition) is 4. The largest absolute Gasteiger partial charge is 0.459 e. The predicted molar refractivity (Wildman–Crippen MR) is 77.2 cm³/mol. The number of ether oxygens (including phenoxy) is 2. The van der Waals surface area contributed by atoms with E-state index in [2.05, 4.69) is 5.32 Å². The lowest BCUT2D eigenvalue weighted by Gasteiger charge is -2.40. The molecule has 0 unspecified atom stereocenters. The van der Waals surface area contributed by atoms with E-state index in [9.17, 15) is 24.9 Å². The zero-order valence-electron chi connectivity index (χ0n) is 12.5. The highest BCUT2D eigenvalue weighted by molar-refractivity contribution is 5.89. The Bertz CT molecular complexity index is 550. The van der Waals surface area contributed by atoms with Crippen LogP contribution in [0.15, 0.2) is 30.3 Å². The van der Waals surface area contributed by atoms with Gasteiger partial charge in [0.2, 0.25) is 5.91 Å². The summed E-state index contributed by atoms with van der Waals surface area (Å²) in [6.45, 7) is 0.857. The van der Waals surface area contributed by atoms with Gasteiger partial charge < -0.3 is 30.1 Å². The predicted octanol–water partition coefficient (Wildman–Crippen LogP) is -1.21. The molecule has 1 aromatic rings. The first-order valence-corrected chi connectivity index (χ1v) is 7.09. The van der Waals surface area contributed by atoms with Crippen LogP contribution in [-0.2, 0) is 14.3 Å². The average Bonchev–Trinajstić information content (AvgIpc) is 2.54. The second-order valence-corrected chi connectivity index (χ2v) is 5.24. The van der Waals surface area contributed by atoms with E-state index in [1.165, 1.54) is 6.92 Å². The number of esters is 1. The number of benzene rings is 1. The second kappa shape index (κ2) is 7.51. The van der Waals surface area contributed by atoms with Gasteiger partial charge in [-0.15, -0.1) is 0 Å². The van der Waals surface area contributed by atoms with E-state index in [0.717, 1.165) is 0 Å². The summed E-state index contributed by atoms with van der Waals surface area (Å²) < 4.78 is 10.1. The van der Waals surface area contributed by atoms with Crippen molar-refractivity contribution in [2.75, 3.05) is 6.61 Å². The molecular weight excluding hydrogens is 306 g/mol. The molecule has 8 nitrogen and oxygen atoms in total. The monoisotopic (exact) mass is 325 g/mol. The summed E-state index contributed by atoms with van der Waals surface area (Å²) in [5.74, 6) is -1.10. The second-order valence-electron chi connectivity index (χ2n) is 5.24. The molecule has 2 rings (SSSR count). The lowest BCUT2D eigenvalue weighted by atomic mass is 9.97. The molecule has 1 aliphatic heterocycles. The van der Waals surface area contributed by atoms with Gasteiger partial charge in [0, 0.05) is 6.92 Å². The number of aliphatic hydroxyl groups is 3. The number of aliphatic hydroxyl groups excluding tert-OH is 3.